The van der Waals surface area contributed by atoms with E-state index >= 15 is 0 Å². The minimum absolute atomic E-state index is 0.268. The van der Waals surface area contributed by atoms with E-state index in [1.807, 2.05) is 25.8 Å². The minimum atomic E-state index is -3.50. The molecule has 6 heteroatoms. The second-order valence-corrected chi connectivity index (χ2v) is 6.49. The molecular weight excluding hydrogens is 262 g/mol. The lowest BCUT2D eigenvalue weighted by molar-refractivity contribution is 0.358. The van der Waals surface area contributed by atoms with Crippen molar-refractivity contribution in [1.82, 2.24) is 9.62 Å². The van der Waals surface area contributed by atoms with Crippen LogP contribution >= 0.6 is 0 Å². The first-order valence-corrected chi connectivity index (χ1v) is 7.81. The summed E-state index contributed by atoms with van der Waals surface area (Å²) in [6.07, 6.45) is 0. The molecule has 108 valence electrons. The molecule has 0 aliphatic carbocycles. The molecule has 1 aromatic rings. The van der Waals surface area contributed by atoms with Gasteiger partial charge < -0.3 is 10.6 Å². The van der Waals surface area contributed by atoms with Gasteiger partial charge in [-0.1, -0.05) is 6.92 Å². The van der Waals surface area contributed by atoms with Gasteiger partial charge in [-0.3, -0.25) is 0 Å². The van der Waals surface area contributed by atoms with Gasteiger partial charge in [0.2, 0.25) is 10.0 Å². The Labute approximate surface area is 115 Å². The first kappa shape index (κ1) is 15.9. The Morgan fingerprint density at radius 3 is 2.53 bits per heavy atom. The molecule has 0 saturated heterocycles. The smallest absolute Gasteiger partial charge is 0.240 e. The lowest BCUT2D eigenvalue weighted by Crippen LogP contribution is -2.33. The van der Waals surface area contributed by atoms with E-state index in [0.717, 1.165) is 17.7 Å². The Morgan fingerprint density at radius 1 is 1.32 bits per heavy atom. The van der Waals surface area contributed by atoms with Crippen molar-refractivity contribution in [3.8, 4) is 0 Å². The summed E-state index contributed by atoms with van der Waals surface area (Å²) < 4.78 is 27.1. The highest BCUT2D eigenvalue weighted by atomic mass is 32.2. The topological polar surface area (TPSA) is 75.4 Å². The fraction of sp³-hybridized carbons (Fsp3) is 0.538. The summed E-state index contributed by atoms with van der Waals surface area (Å²) in [4.78, 5) is 2.31. The molecule has 0 saturated carbocycles. The van der Waals surface area contributed by atoms with Crippen LogP contribution in [0.2, 0.25) is 0 Å². The number of hydrogen-bond donors (Lipinski definition) is 2. The lowest BCUT2D eigenvalue weighted by atomic mass is 10.1. The molecule has 0 amide bonds. The predicted octanol–water partition coefficient (Wildman–Crippen LogP) is 1.12. The zero-order valence-corrected chi connectivity index (χ0v) is 12.8. The Balaban J connectivity index is 2.89. The van der Waals surface area contributed by atoms with Gasteiger partial charge in [-0.2, -0.15) is 0 Å². The second-order valence-electron chi connectivity index (χ2n) is 4.75. The molecule has 0 bridgehead atoms. The van der Waals surface area contributed by atoms with Crippen LogP contribution in [0.25, 0.3) is 0 Å². The number of nitrogens with one attached hydrogen (secondary N) is 1. The molecule has 19 heavy (non-hydrogen) atoms. The van der Waals surface area contributed by atoms with Gasteiger partial charge in [0, 0.05) is 18.8 Å². The van der Waals surface area contributed by atoms with Crippen LogP contribution in [-0.4, -0.2) is 40.0 Å². The van der Waals surface area contributed by atoms with Gasteiger partial charge in [0.05, 0.1) is 4.90 Å². The van der Waals surface area contributed by atoms with E-state index in [9.17, 15) is 8.42 Å². The highest BCUT2D eigenvalue weighted by Gasteiger charge is 2.18. The number of likely N-dealkylation sites (N-methyl/N-ethyl adjacent to an activating group) is 1. The van der Waals surface area contributed by atoms with Gasteiger partial charge in [-0.25, -0.2) is 13.1 Å². The summed E-state index contributed by atoms with van der Waals surface area (Å²) in [5.41, 5.74) is 7.81. The van der Waals surface area contributed by atoms with Crippen LogP contribution in [0, 0.1) is 13.8 Å². The number of benzene rings is 1. The molecule has 5 nitrogen and oxygen atoms in total. The fourth-order valence-corrected chi connectivity index (χ4v) is 3.11. The number of sulfonamides is 1. The molecule has 0 fully saturated rings. The van der Waals surface area contributed by atoms with Crippen LogP contribution in [0.4, 0.5) is 5.69 Å². The fourth-order valence-electron chi connectivity index (χ4n) is 1.74. The molecule has 1 aromatic carbocycles. The maximum absolute atomic E-state index is 12.2. The number of nitrogens with two attached hydrogens (primary N) is 1. The third-order valence-electron chi connectivity index (χ3n) is 3.26. The van der Waals surface area contributed by atoms with Crippen molar-refractivity contribution < 1.29 is 8.42 Å². The third kappa shape index (κ3) is 4.19. The number of rotatable bonds is 6. The van der Waals surface area contributed by atoms with Crippen LogP contribution < -0.4 is 10.5 Å². The number of anilines is 1. The van der Waals surface area contributed by atoms with Gasteiger partial charge in [0.25, 0.3) is 0 Å². The Bertz CT molecular complexity index is 541. The normalized spacial score (nSPS) is 12.1. The van der Waals surface area contributed by atoms with Crippen molar-refractivity contribution in [3.63, 3.8) is 0 Å². The van der Waals surface area contributed by atoms with Crippen LogP contribution in [-0.2, 0) is 10.0 Å². The van der Waals surface area contributed by atoms with Crippen LogP contribution in [0.15, 0.2) is 17.0 Å². The Morgan fingerprint density at radius 2 is 1.95 bits per heavy atom. The average molecular weight is 285 g/mol. The summed E-state index contributed by atoms with van der Waals surface area (Å²) in [5.74, 6) is 0. The maximum atomic E-state index is 12.2. The molecule has 0 radical (unpaired) electrons. The molecule has 0 aliphatic rings. The Kier molecular flexibility index (Phi) is 5.34. The van der Waals surface area contributed by atoms with Crippen molar-refractivity contribution >= 4 is 15.7 Å². The SMILES string of the molecule is CCN(C)CCNS(=O)(=O)c1cc(N)cc(C)c1C. The third-order valence-corrected chi connectivity index (χ3v) is 4.84. The number of hydrogen-bond acceptors (Lipinski definition) is 4. The molecule has 0 heterocycles. The van der Waals surface area contributed by atoms with Crippen molar-refractivity contribution in [1.29, 1.82) is 0 Å². The second kappa shape index (κ2) is 6.36. The van der Waals surface area contributed by atoms with Gasteiger partial charge in [0.1, 0.15) is 0 Å². The van der Waals surface area contributed by atoms with E-state index in [0.29, 0.717) is 18.8 Å². The molecule has 0 spiro atoms. The summed E-state index contributed by atoms with van der Waals surface area (Å²) in [7, 11) is -1.55. The molecule has 0 atom stereocenters. The number of nitrogens with zero attached hydrogens (tertiary/aromatic N) is 1. The van der Waals surface area contributed by atoms with Gasteiger partial charge >= 0.3 is 0 Å². The van der Waals surface area contributed by atoms with E-state index in [1.165, 1.54) is 6.07 Å². The van der Waals surface area contributed by atoms with E-state index < -0.39 is 10.0 Å². The van der Waals surface area contributed by atoms with Crippen molar-refractivity contribution in [2.24, 2.45) is 0 Å². The first-order valence-electron chi connectivity index (χ1n) is 6.33. The van der Waals surface area contributed by atoms with Crippen LogP contribution in [0.5, 0.6) is 0 Å². The molecular formula is C13H23N3O2S. The largest absolute Gasteiger partial charge is 0.399 e. The summed E-state index contributed by atoms with van der Waals surface area (Å²) >= 11 is 0. The predicted molar refractivity (Wildman–Crippen MR) is 78.7 cm³/mol. The highest BCUT2D eigenvalue weighted by molar-refractivity contribution is 7.89. The lowest BCUT2D eigenvalue weighted by Gasteiger charge is -2.15. The first-order chi connectivity index (χ1) is 8.77. The number of aryl methyl sites for hydroxylation is 1. The Hall–Kier alpha value is -1.11. The zero-order valence-electron chi connectivity index (χ0n) is 12.0. The molecule has 0 unspecified atom stereocenters. The minimum Gasteiger partial charge on any atom is -0.399 e. The molecule has 0 aliphatic heterocycles. The quantitative estimate of drug-likeness (QED) is 0.768. The van der Waals surface area contributed by atoms with Gasteiger partial charge in [-0.05, 0) is 50.7 Å². The molecule has 3 N–H and O–H groups in total. The molecule has 0 aromatic heterocycles. The summed E-state index contributed by atoms with van der Waals surface area (Å²) in [5, 5.41) is 0. The van der Waals surface area contributed by atoms with E-state index in [-0.39, 0.29) is 4.90 Å². The van der Waals surface area contributed by atoms with E-state index in [4.69, 9.17) is 5.73 Å². The molecule has 1 rings (SSSR count). The number of nitrogen functional groups attached to an aromatic ring is 1. The highest BCUT2D eigenvalue weighted by Crippen LogP contribution is 2.21. The van der Waals surface area contributed by atoms with Crippen molar-refractivity contribution in [3.05, 3.63) is 23.3 Å². The van der Waals surface area contributed by atoms with Crippen molar-refractivity contribution in [2.75, 3.05) is 32.4 Å². The standard InChI is InChI=1S/C13H23N3O2S/c1-5-16(4)7-6-15-19(17,18)13-9-12(14)8-10(2)11(13)3/h8-9,15H,5-7,14H2,1-4H3. The van der Waals surface area contributed by atoms with Crippen molar-refractivity contribution in [2.45, 2.75) is 25.7 Å². The van der Waals surface area contributed by atoms with E-state index in [1.54, 1.807) is 13.0 Å². The zero-order chi connectivity index (χ0) is 14.6. The summed E-state index contributed by atoms with van der Waals surface area (Å²) in [6.45, 7) is 7.63. The average Bonchev–Trinajstić information content (AvgIpc) is 2.33. The van der Waals surface area contributed by atoms with E-state index in [2.05, 4.69) is 4.72 Å². The van der Waals surface area contributed by atoms with Crippen LogP contribution in [0.3, 0.4) is 0 Å². The van der Waals surface area contributed by atoms with Gasteiger partial charge in [-0.15, -0.1) is 0 Å². The summed E-state index contributed by atoms with van der Waals surface area (Å²) in [6, 6.07) is 3.29. The van der Waals surface area contributed by atoms with Gasteiger partial charge in [0.15, 0.2) is 0 Å². The maximum Gasteiger partial charge on any atom is 0.240 e. The monoisotopic (exact) mass is 285 g/mol. The van der Waals surface area contributed by atoms with Crippen LogP contribution in [0.1, 0.15) is 18.1 Å².